The zero-order chi connectivity index (χ0) is 26.1. The number of ether oxygens (including phenoxy) is 1. The zero-order valence-electron chi connectivity index (χ0n) is 22.6. The van der Waals surface area contributed by atoms with E-state index in [0.717, 1.165) is 36.0 Å². The van der Waals surface area contributed by atoms with Crippen molar-refractivity contribution in [3.8, 4) is 0 Å². The molecule has 1 aromatic carbocycles. The lowest BCUT2D eigenvalue weighted by molar-refractivity contribution is -0.141. The van der Waals surface area contributed by atoms with E-state index < -0.39 is 23.8 Å². The van der Waals surface area contributed by atoms with Crippen molar-refractivity contribution in [3.05, 3.63) is 34.9 Å². The molecule has 0 fully saturated rings. The van der Waals surface area contributed by atoms with Gasteiger partial charge in [0.05, 0.1) is 0 Å². The number of carbonyl (C=O) groups excluding carboxylic acids is 3. The summed E-state index contributed by atoms with van der Waals surface area (Å²) in [5, 5.41) is 5.73. The summed E-state index contributed by atoms with van der Waals surface area (Å²) in [7, 11) is 1.63. The molecule has 7 nitrogen and oxygen atoms in total. The van der Waals surface area contributed by atoms with Gasteiger partial charge in [0.1, 0.15) is 17.7 Å². The molecule has 0 saturated carbocycles. The van der Waals surface area contributed by atoms with E-state index in [-0.39, 0.29) is 17.7 Å². The van der Waals surface area contributed by atoms with Crippen LogP contribution in [0.1, 0.15) is 90.0 Å². The Morgan fingerprint density at radius 1 is 1.09 bits per heavy atom. The smallest absolute Gasteiger partial charge is 0.408 e. The van der Waals surface area contributed by atoms with Crippen molar-refractivity contribution in [2.24, 2.45) is 5.92 Å². The van der Waals surface area contributed by atoms with Crippen molar-refractivity contribution in [2.75, 3.05) is 13.6 Å². The topological polar surface area (TPSA) is 87.7 Å². The van der Waals surface area contributed by atoms with Crippen LogP contribution in [-0.4, -0.2) is 48.0 Å². The lowest BCUT2D eigenvalue weighted by Crippen LogP contribution is -2.52. The lowest BCUT2D eigenvalue weighted by atomic mass is 9.96. The normalized spacial score (nSPS) is 13.2. The van der Waals surface area contributed by atoms with Gasteiger partial charge >= 0.3 is 6.09 Å². The second-order valence-electron chi connectivity index (χ2n) is 10.5. The fourth-order valence-corrected chi connectivity index (χ4v) is 3.86. The van der Waals surface area contributed by atoms with E-state index in [2.05, 4.69) is 17.6 Å². The highest BCUT2D eigenvalue weighted by Gasteiger charge is 2.35. The summed E-state index contributed by atoms with van der Waals surface area (Å²) >= 11 is 0. The van der Waals surface area contributed by atoms with Crippen LogP contribution < -0.4 is 10.6 Å². The van der Waals surface area contributed by atoms with Crippen LogP contribution in [0.2, 0.25) is 0 Å². The first-order valence-corrected chi connectivity index (χ1v) is 12.4. The van der Waals surface area contributed by atoms with Crippen LogP contribution in [0.25, 0.3) is 0 Å². The number of carbonyl (C=O) groups is 3. The minimum Gasteiger partial charge on any atom is -0.444 e. The van der Waals surface area contributed by atoms with E-state index in [4.69, 9.17) is 4.74 Å². The van der Waals surface area contributed by atoms with Gasteiger partial charge in [0.15, 0.2) is 0 Å². The average molecular weight is 476 g/mol. The van der Waals surface area contributed by atoms with Crippen LogP contribution in [0.5, 0.6) is 0 Å². The van der Waals surface area contributed by atoms with Gasteiger partial charge in [-0.3, -0.25) is 9.59 Å². The molecule has 0 heterocycles. The summed E-state index contributed by atoms with van der Waals surface area (Å²) in [4.78, 5) is 40.9. The Kier molecular flexibility index (Phi) is 11.6. The highest BCUT2D eigenvalue weighted by Crippen LogP contribution is 2.26. The molecule has 2 atom stereocenters. The summed E-state index contributed by atoms with van der Waals surface area (Å²) < 4.78 is 5.38. The van der Waals surface area contributed by atoms with Crippen LogP contribution in [0.4, 0.5) is 4.79 Å². The lowest BCUT2D eigenvalue weighted by Gasteiger charge is -2.33. The Morgan fingerprint density at radius 3 is 2.26 bits per heavy atom. The summed E-state index contributed by atoms with van der Waals surface area (Å²) in [5.74, 6) is -0.396. The molecule has 0 aliphatic rings. The summed E-state index contributed by atoms with van der Waals surface area (Å²) in [5.41, 5.74) is 2.12. The predicted molar refractivity (Wildman–Crippen MR) is 137 cm³/mol. The number of aryl methyl sites for hydroxylation is 2. The monoisotopic (exact) mass is 475 g/mol. The molecule has 2 unspecified atom stereocenters. The SMILES string of the molecule is CCCCCNC(=O)C(c1ccc(C)cc1C)N(C)C(=O)C(CC(C)C)NC(=O)OC(C)(C)C. The van der Waals surface area contributed by atoms with Crippen molar-refractivity contribution >= 4 is 17.9 Å². The number of unbranched alkanes of at least 4 members (excludes halogenated alkanes) is 2. The van der Waals surface area contributed by atoms with Gasteiger partial charge in [0, 0.05) is 13.6 Å². The molecule has 2 N–H and O–H groups in total. The first kappa shape index (κ1) is 29.5. The molecule has 34 heavy (non-hydrogen) atoms. The number of amides is 3. The van der Waals surface area contributed by atoms with Crippen molar-refractivity contribution < 1.29 is 19.1 Å². The van der Waals surface area contributed by atoms with E-state index >= 15 is 0 Å². The molecule has 0 radical (unpaired) electrons. The van der Waals surface area contributed by atoms with Crippen molar-refractivity contribution in [1.82, 2.24) is 15.5 Å². The summed E-state index contributed by atoms with van der Waals surface area (Å²) in [6.07, 6.45) is 2.75. The van der Waals surface area contributed by atoms with Gasteiger partial charge in [0.25, 0.3) is 0 Å². The number of hydrogen-bond donors (Lipinski definition) is 2. The van der Waals surface area contributed by atoms with Crippen molar-refractivity contribution in [2.45, 2.75) is 98.8 Å². The summed E-state index contributed by atoms with van der Waals surface area (Å²) in [6, 6.07) is 4.26. The number of hydrogen-bond acceptors (Lipinski definition) is 4. The maximum atomic E-state index is 13.6. The first-order valence-electron chi connectivity index (χ1n) is 12.4. The largest absolute Gasteiger partial charge is 0.444 e. The zero-order valence-corrected chi connectivity index (χ0v) is 22.6. The van der Waals surface area contributed by atoms with Crippen LogP contribution in [0.15, 0.2) is 18.2 Å². The minimum absolute atomic E-state index is 0.153. The second-order valence-corrected chi connectivity index (χ2v) is 10.5. The Balaban J connectivity index is 3.24. The Morgan fingerprint density at radius 2 is 1.74 bits per heavy atom. The number of nitrogens with one attached hydrogen (secondary N) is 2. The Hall–Kier alpha value is -2.57. The van der Waals surface area contributed by atoms with Gasteiger partial charge in [-0.15, -0.1) is 0 Å². The van der Waals surface area contributed by atoms with E-state index in [1.54, 1.807) is 27.8 Å². The number of alkyl carbamates (subject to hydrolysis) is 1. The average Bonchev–Trinajstić information content (AvgIpc) is 2.70. The third-order valence-corrected chi connectivity index (χ3v) is 5.48. The Bertz CT molecular complexity index is 830. The van der Waals surface area contributed by atoms with Gasteiger partial charge < -0.3 is 20.3 Å². The van der Waals surface area contributed by atoms with Gasteiger partial charge in [0.2, 0.25) is 11.8 Å². The maximum Gasteiger partial charge on any atom is 0.408 e. The first-order chi connectivity index (χ1) is 15.8. The molecular formula is C27H45N3O4. The fourth-order valence-electron chi connectivity index (χ4n) is 3.86. The van der Waals surface area contributed by atoms with E-state index in [0.29, 0.717) is 13.0 Å². The molecule has 1 aromatic rings. The predicted octanol–water partition coefficient (Wildman–Crippen LogP) is 5.05. The third kappa shape index (κ3) is 9.74. The van der Waals surface area contributed by atoms with Crippen LogP contribution in [-0.2, 0) is 14.3 Å². The van der Waals surface area contributed by atoms with Gasteiger partial charge in [-0.2, -0.15) is 0 Å². The molecule has 1 rings (SSSR count). The molecule has 7 heteroatoms. The van der Waals surface area contributed by atoms with Crippen LogP contribution in [0.3, 0.4) is 0 Å². The van der Waals surface area contributed by atoms with Crippen LogP contribution in [0, 0.1) is 19.8 Å². The number of nitrogens with zero attached hydrogens (tertiary/aromatic N) is 1. The number of benzene rings is 1. The number of rotatable bonds is 11. The number of likely N-dealkylation sites (N-methyl/N-ethyl adjacent to an activating group) is 1. The maximum absolute atomic E-state index is 13.6. The molecule has 0 saturated heterocycles. The quantitative estimate of drug-likeness (QED) is 0.439. The van der Waals surface area contributed by atoms with Gasteiger partial charge in [-0.1, -0.05) is 57.4 Å². The molecule has 0 aliphatic heterocycles. The highest BCUT2D eigenvalue weighted by atomic mass is 16.6. The van der Waals surface area contributed by atoms with Crippen LogP contribution >= 0.6 is 0 Å². The molecule has 0 spiro atoms. The third-order valence-electron chi connectivity index (χ3n) is 5.48. The van der Waals surface area contributed by atoms with E-state index in [9.17, 15) is 14.4 Å². The standard InChI is InChI=1S/C27H45N3O4/c1-10-11-12-15-28-24(31)23(21-14-13-19(4)17-20(21)5)30(9)25(32)22(16-18(2)3)29-26(33)34-27(6,7)8/h13-14,17-18,22-23H,10-12,15-16H2,1-9H3,(H,28,31)(H,29,33). The van der Waals surface area contributed by atoms with E-state index in [1.807, 2.05) is 45.9 Å². The molecule has 192 valence electrons. The fraction of sp³-hybridized carbons (Fsp3) is 0.667. The van der Waals surface area contributed by atoms with E-state index in [1.165, 1.54) is 4.90 Å². The summed E-state index contributed by atoms with van der Waals surface area (Å²) in [6.45, 7) is 15.9. The van der Waals surface area contributed by atoms with Crippen molar-refractivity contribution in [3.63, 3.8) is 0 Å². The van der Waals surface area contributed by atoms with Gasteiger partial charge in [-0.05, 0) is 64.5 Å². The molecular weight excluding hydrogens is 430 g/mol. The highest BCUT2D eigenvalue weighted by molar-refractivity contribution is 5.92. The molecule has 0 bridgehead atoms. The minimum atomic E-state index is -0.805. The Labute approximate surface area is 206 Å². The molecule has 0 aromatic heterocycles. The van der Waals surface area contributed by atoms with Gasteiger partial charge in [-0.25, -0.2) is 4.79 Å². The molecule has 3 amide bonds. The van der Waals surface area contributed by atoms with Crippen molar-refractivity contribution in [1.29, 1.82) is 0 Å². The second kappa shape index (κ2) is 13.4. The molecule has 0 aliphatic carbocycles.